The molecule has 0 saturated carbocycles. The number of aliphatic hydroxyl groups is 1. The molecule has 0 amide bonds. The highest BCUT2D eigenvalue weighted by Crippen LogP contribution is 2.05. The zero-order valence-corrected chi connectivity index (χ0v) is 7.17. The maximum Gasteiger partial charge on any atom is 0.0645 e. The third-order valence-electron chi connectivity index (χ3n) is 1.74. The first-order chi connectivity index (χ1) is 6.36. The molecule has 0 unspecified atom stereocenters. The number of hydrogen-bond donors (Lipinski definition) is 1. The fourth-order valence-electron chi connectivity index (χ4n) is 1.10. The lowest BCUT2D eigenvalue weighted by Gasteiger charge is -2.06. The third-order valence-corrected chi connectivity index (χ3v) is 1.74. The van der Waals surface area contributed by atoms with Crippen molar-refractivity contribution in [1.29, 1.82) is 0 Å². The van der Waals surface area contributed by atoms with Gasteiger partial charge in [-0.05, 0) is 17.5 Å². The summed E-state index contributed by atoms with van der Waals surface area (Å²) in [6, 6.07) is 9.28. The van der Waals surface area contributed by atoms with Crippen LogP contribution in [-0.2, 0) is 6.42 Å². The van der Waals surface area contributed by atoms with Crippen LogP contribution in [0.25, 0.3) is 10.4 Å². The molecule has 0 aromatic heterocycles. The Morgan fingerprint density at radius 2 is 2.15 bits per heavy atom. The van der Waals surface area contributed by atoms with E-state index >= 15 is 0 Å². The molecule has 1 atom stereocenters. The summed E-state index contributed by atoms with van der Waals surface area (Å²) >= 11 is 0. The van der Waals surface area contributed by atoms with Gasteiger partial charge in [0.25, 0.3) is 0 Å². The SMILES string of the molecule is [HH].[HH].[N-]=[N+]=N[C@H](CO)Cc1ccccc1. The Labute approximate surface area is 79.4 Å². The number of nitrogens with zero attached hydrogens (tertiary/aromatic N) is 3. The van der Waals surface area contributed by atoms with Crippen LogP contribution < -0.4 is 0 Å². The van der Waals surface area contributed by atoms with E-state index in [1.54, 1.807) is 0 Å². The largest absolute Gasteiger partial charge is 0.396 e. The molecule has 0 heterocycles. The summed E-state index contributed by atoms with van der Waals surface area (Å²) in [6.07, 6.45) is 0.585. The molecule has 4 heteroatoms. The fraction of sp³-hybridized carbons (Fsp3) is 0.333. The van der Waals surface area contributed by atoms with Gasteiger partial charge in [-0.15, -0.1) is 0 Å². The fourth-order valence-corrected chi connectivity index (χ4v) is 1.10. The van der Waals surface area contributed by atoms with Gasteiger partial charge in [0.1, 0.15) is 0 Å². The van der Waals surface area contributed by atoms with E-state index in [1.807, 2.05) is 30.3 Å². The predicted molar refractivity (Wildman–Crippen MR) is 54.4 cm³/mol. The van der Waals surface area contributed by atoms with Crippen molar-refractivity contribution in [2.45, 2.75) is 12.5 Å². The molecule has 0 aliphatic rings. The van der Waals surface area contributed by atoms with E-state index in [9.17, 15) is 0 Å². The number of benzene rings is 1. The van der Waals surface area contributed by atoms with Crippen LogP contribution in [0.4, 0.5) is 0 Å². The lowest BCUT2D eigenvalue weighted by atomic mass is 10.1. The van der Waals surface area contributed by atoms with Crippen molar-refractivity contribution in [2.24, 2.45) is 5.11 Å². The summed E-state index contributed by atoms with van der Waals surface area (Å²) in [6.45, 7) is -0.112. The highest BCUT2D eigenvalue weighted by molar-refractivity contribution is 5.15. The maximum absolute atomic E-state index is 8.85. The Morgan fingerprint density at radius 3 is 2.69 bits per heavy atom. The van der Waals surface area contributed by atoms with Gasteiger partial charge in [-0.25, -0.2) is 0 Å². The van der Waals surface area contributed by atoms with Gasteiger partial charge in [0, 0.05) is 7.76 Å². The molecule has 0 aliphatic heterocycles. The van der Waals surface area contributed by atoms with Crippen LogP contribution in [0.3, 0.4) is 0 Å². The van der Waals surface area contributed by atoms with Gasteiger partial charge in [-0.2, -0.15) is 0 Å². The lowest BCUT2D eigenvalue weighted by Crippen LogP contribution is -2.12. The summed E-state index contributed by atoms with van der Waals surface area (Å²) in [5, 5.41) is 12.3. The molecule has 13 heavy (non-hydrogen) atoms. The van der Waals surface area contributed by atoms with Crippen molar-refractivity contribution < 1.29 is 7.96 Å². The molecule has 0 bridgehead atoms. The third kappa shape index (κ3) is 3.15. The quantitative estimate of drug-likeness (QED) is 0.432. The molecule has 1 rings (SSSR count). The van der Waals surface area contributed by atoms with Crippen LogP contribution in [0.5, 0.6) is 0 Å². The number of azide groups is 1. The van der Waals surface area contributed by atoms with E-state index in [-0.39, 0.29) is 15.5 Å². The normalized spacial score (nSPS) is 11.8. The minimum absolute atomic E-state index is 0. The van der Waals surface area contributed by atoms with Crippen LogP contribution in [0.2, 0.25) is 0 Å². The summed E-state index contributed by atoms with van der Waals surface area (Å²) < 4.78 is 0. The van der Waals surface area contributed by atoms with Gasteiger partial charge in [-0.1, -0.05) is 35.4 Å². The molecule has 1 aromatic rings. The summed E-state index contributed by atoms with van der Waals surface area (Å²) in [5.41, 5.74) is 9.26. The van der Waals surface area contributed by atoms with Crippen LogP contribution in [0, 0.1) is 0 Å². The van der Waals surface area contributed by atoms with Crippen LogP contribution >= 0.6 is 0 Å². The number of aliphatic hydroxyl groups excluding tert-OH is 1. The average Bonchev–Trinajstić information content (AvgIpc) is 2.19. The van der Waals surface area contributed by atoms with Gasteiger partial charge >= 0.3 is 0 Å². The van der Waals surface area contributed by atoms with Crippen molar-refractivity contribution in [3.8, 4) is 0 Å². The van der Waals surface area contributed by atoms with Crippen molar-refractivity contribution in [2.75, 3.05) is 6.61 Å². The molecular formula is C9H15N3O. The maximum atomic E-state index is 8.85. The second kappa shape index (κ2) is 5.19. The smallest absolute Gasteiger partial charge is 0.0645 e. The minimum atomic E-state index is -0.354. The van der Waals surface area contributed by atoms with Crippen LogP contribution in [0.1, 0.15) is 8.42 Å². The van der Waals surface area contributed by atoms with Crippen LogP contribution in [-0.4, -0.2) is 17.8 Å². The molecule has 0 saturated heterocycles. The number of hydrogen-bond acceptors (Lipinski definition) is 2. The Hall–Kier alpha value is -1.51. The van der Waals surface area contributed by atoms with Crippen molar-refractivity contribution in [3.05, 3.63) is 46.3 Å². The predicted octanol–water partition coefficient (Wildman–Crippen LogP) is 2.39. The lowest BCUT2D eigenvalue weighted by molar-refractivity contribution is 0.265. The van der Waals surface area contributed by atoms with Gasteiger partial charge in [-0.3, -0.25) is 0 Å². The standard InChI is InChI=1S/C9H11N3O.2H2/c10-12-11-9(7-13)6-8-4-2-1-3-5-8;;/h1-5,9,13H,6-7H2;2*1H/t9-;;/m0../s1. The van der Waals surface area contributed by atoms with Gasteiger partial charge in [0.15, 0.2) is 0 Å². The molecule has 4 nitrogen and oxygen atoms in total. The molecular weight excluding hydrogens is 166 g/mol. The van der Waals surface area contributed by atoms with Gasteiger partial charge < -0.3 is 5.11 Å². The Bertz CT molecular complexity index is 301. The molecule has 1 aromatic carbocycles. The van der Waals surface area contributed by atoms with E-state index in [0.717, 1.165) is 5.56 Å². The zero-order chi connectivity index (χ0) is 9.52. The Kier molecular flexibility index (Phi) is 3.82. The summed E-state index contributed by atoms with van der Waals surface area (Å²) in [5.74, 6) is 0. The first kappa shape index (κ1) is 9.58. The molecule has 72 valence electrons. The summed E-state index contributed by atoms with van der Waals surface area (Å²) in [7, 11) is 0. The Morgan fingerprint density at radius 1 is 1.46 bits per heavy atom. The molecule has 0 spiro atoms. The second-order valence-electron chi connectivity index (χ2n) is 2.73. The number of rotatable bonds is 4. The van der Waals surface area contributed by atoms with E-state index < -0.39 is 0 Å². The van der Waals surface area contributed by atoms with Crippen molar-refractivity contribution in [1.82, 2.24) is 0 Å². The van der Waals surface area contributed by atoms with E-state index in [1.165, 1.54) is 0 Å². The average molecular weight is 181 g/mol. The minimum Gasteiger partial charge on any atom is -0.396 e. The van der Waals surface area contributed by atoms with E-state index in [2.05, 4.69) is 10.0 Å². The highest BCUT2D eigenvalue weighted by Gasteiger charge is 2.04. The van der Waals surface area contributed by atoms with Gasteiger partial charge in [0.2, 0.25) is 0 Å². The first-order valence-electron chi connectivity index (χ1n) is 4.06. The monoisotopic (exact) mass is 181 g/mol. The first-order valence-corrected chi connectivity index (χ1v) is 4.06. The second-order valence-corrected chi connectivity index (χ2v) is 2.73. The van der Waals surface area contributed by atoms with E-state index in [4.69, 9.17) is 10.6 Å². The molecule has 0 aliphatic carbocycles. The van der Waals surface area contributed by atoms with Gasteiger partial charge in [0.05, 0.1) is 12.6 Å². The molecule has 0 radical (unpaired) electrons. The Balaban J connectivity index is 0. The molecule has 1 N–H and O–H groups in total. The van der Waals surface area contributed by atoms with Crippen molar-refractivity contribution >= 4 is 0 Å². The van der Waals surface area contributed by atoms with E-state index in [0.29, 0.717) is 6.42 Å². The zero-order valence-electron chi connectivity index (χ0n) is 7.17. The highest BCUT2D eigenvalue weighted by atomic mass is 16.3. The summed E-state index contributed by atoms with van der Waals surface area (Å²) in [4.78, 5) is 2.67. The molecule has 0 fully saturated rings. The topological polar surface area (TPSA) is 69.0 Å². The van der Waals surface area contributed by atoms with Crippen LogP contribution in [0.15, 0.2) is 35.4 Å². The van der Waals surface area contributed by atoms with Crippen molar-refractivity contribution in [3.63, 3.8) is 0 Å².